The van der Waals surface area contributed by atoms with Crippen molar-refractivity contribution in [3.63, 3.8) is 0 Å². The Labute approximate surface area is 522 Å². The van der Waals surface area contributed by atoms with Crippen LogP contribution in [0.4, 0.5) is 51.9 Å². The van der Waals surface area contributed by atoms with E-state index in [0.29, 0.717) is 56.9 Å². The molecule has 87 heavy (non-hydrogen) atoms. The topological polar surface area (TPSA) is 98.5 Å². The van der Waals surface area contributed by atoms with E-state index in [1.165, 1.54) is 6.07 Å². The van der Waals surface area contributed by atoms with E-state index in [1.54, 1.807) is 64.7 Å². The third-order valence-corrected chi connectivity index (χ3v) is 17.0. The number of aromatic hydroxyl groups is 2. The third kappa shape index (κ3) is 11.8. The Kier molecular flexibility index (Phi) is 19.2. The monoisotopic (exact) mass is 1340 g/mol. The van der Waals surface area contributed by atoms with Crippen molar-refractivity contribution in [3.05, 3.63) is 240 Å². The summed E-state index contributed by atoms with van der Waals surface area (Å²) in [6.07, 6.45) is 15.4. The first-order valence-corrected chi connectivity index (χ1v) is 30.1. The summed E-state index contributed by atoms with van der Waals surface area (Å²) in [6, 6.07) is 54.7. The molecule has 0 saturated heterocycles. The Balaban J connectivity index is 0.000000190. The van der Waals surface area contributed by atoms with Crippen LogP contribution in [0.3, 0.4) is 0 Å². The Morgan fingerprint density at radius 2 is 0.885 bits per heavy atom. The second-order valence-corrected chi connectivity index (χ2v) is 22.4. The first-order chi connectivity index (χ1) is 42.0. The maximum atomic E-state index is 15.6. The molecule has 6 aromatic carbocycles. The van der Waals surface area contributed by atoms with Gasteiger partial charge in [-0.1, -0.05) is 182 Å². The fraction of sp³-hybridized carbons (Fsp3) is 0.243. The van der Waals surface area contributed by atoms with Crippen LogP contribution in [0.1, 0.15) is 127 Å². The molecule has 12 rings (SSSR count). The summed E-state index contributed by atoms with van der Waals surface area (Å²) >= 11 is 0. The van der Waals surface area contributed by atoms with Crippen molar-refractivity contribution < 1.29 is 48.8 Å². The van der Waals surface area contributed by atoms with Crippen molar-refractivity contribution in [2.75, 3.05) is 9.80 Å². The summed E-state index contributed by atoms with van der Waals surface area (Å²) in [5, 5.41) is 22.2. The maximum absolute atomic E-state index is 15.6. The van der Waals surface area contributed by atoms with Crippen LogP contribution in [0.15, 0.2) is 188 Å². The molecule has 8 nitrogen and oxygen atoms in total. The number of anilines is 6. The van der Waals surface area contributed by atoms with Gasteiger partial charge in [0.15, 0.2) is 0 Å². The summed E-state index contributed by atoms with van der Waals surface area (Å²) in [7, 11) is 0. The molecule has 0 fully saturated rings. The van der Waals surface area contributed by atoms with Crippen molar-refractivity contribution in [2.45, 2.75) is 116 Å². The van der Waals surface area contributed by atoms with Gasteiger partial charge in [0, 0.05) is 84.2 Å². The number of nitrogens with zero attached hydrogens (tertiary/aromatic N) is 6. The molecule has 446 valence electrons. The number of hydrogen-bond acceptors (Lipinski definition) is 8. The zero-order valence-corrected chi connectivity index (χ0v) is 51.6. The van der Waals surface area contributed by atoms with Crippen LogP contribution in [0, 0.1) is 29.3 Å². The Bertz CT molecular complexity index is 3650. The molecule has 0 radical (unpaired) electrons. The molecule has 0 amide bonds. The molecule has 4 aromatic heterocycles. The van der Waals surface area contributed by atoms with Gasteiger partial charge in [-0.3, -0.25) is 18.7 Å². The van der Waals surface area contributed by atoms with Crippen molar-refractivity contribution >= 4 is 34.4 Å². The molecule has 2 aliphatic rings. The fourth-order valence-corrected chi connectivity index (χ4v) is 12.9. The molecule has 0 saturated carbocycles. The van der Waals surface area contributed by atoms with Crippen molar-refractivity contribution in [1.29, 1.82) is 0 Å². The van der Waals surface area contributed by atoms with Gasteiger partial charge in [-0.05, 0) is 132 Å². The fourth-order valence-electron chi connectivity index (χ4n) is 12.9. The second-order valence-electron chi connectivity index (χ2n) is 22.4. The number of aromatic nitrogens is 4. The number of benzene rings is 6. The van der Waals surface area contributed by atoms with Gasteiger partial charge < -0.3 is 15.1 Å². The quantitative estimate of drug-likeness (QED) is 0.0575. The number of halogens is 4. The SMILES string of the molecule is CCCCC1(CCCC)c2ccc(-c3[c-]c(N(c4ccccc4)c4ccccn4)c(F)cc3F)nc2-c2c(O)cccc21.CCCCC1(CCCC)c2ccc(-c3cc(N(c4ccccc4)c4ccccn4)c(F)cc3F)nc2-c2c(O)cccc21.[Pt]. The van der Waals surface area contributed by atoms with Crippen LogP contribution in [0.25, 0.3) is 45.0 Å². The number of para-hydroxylation sites is 2. The Morgan fingerprint density at radius 3 is 1.37 bits per heavy atom. The maximum Gasteiger partial charge on any atom is 0.150 e. The molecular weight excluding hydrogens is 1280 g/mol. The molecule has 2 aliphatic carbocycles. The molecule has 0 bridgehead atoms. The number of fused-ring (bicyclic) bond motifs is 6. The summed E-state index contributed by atoms with van der Waals surface area (Å²) in [5.74, 6) is -1.64. The van der Waals surface area contributed by atoms with Gasteiger partial charge >= 0.3 is 0 Å². The number of hydrogen-bond donors (Lipinski definition) is 2. The van der Waals surface area contributed by atoms with E-state index in [-0.39, 0.29) is 65.9 Å². The summed E-state index contributed by atoms with van der Waals surface area (Å²) in [5.41, 5.74) is 8.94. The van der Waals surface area contributed by atoms with Crippen molar-refractivity contribution in [2.24, 2.45) is 0 Å². The average molecular weight is 1350 g/mol. The number of pyridine rings is 4. The smallest absolute Gasteiger partial charge is 0.150 e. The van der Waals surface area contributed by atoms with E-state index in [1.807, 2.05) is 103 Å². The molecule has 0 atom stereocenters. The number of rotatable bonds is 20. The Hall–Kier alpha value is -8.47. The molecule has 2 N–H and O–H groups in total. The van der Waals surface area contributed by atoms with Gasteiger partial charge in [0.05, 0.1) is 28.6 Å². The van der Waals surface area contributed by atoms with E-state index in [2.05, 4.69) is 55.9 Å². The standard InChI is InChI=1S/C37H35F2N3O.C37H34F2N3O.Pt/c2*1-3-5-20-37(21-6-4-2)27-15-12-16-33(43)35(27)36-28(37)18-19-31(41-36)26-23-32(30(39)24-29(26)38)42(25-13-8-7-9-14-25)34-17-10-11-22-40-34;/h7-19,22-24,43H,3-6,20-21H2,1-2H3;7-19,22,24,43H,3-6,20-21H2,1-2H3;/q;-1;. The minimum absolute atomic E-state index is 0. The van der Waals surface area contributed by atoms with Crippen LogP contribution in [0.2, 0.25) is 0 Å². The molecule has 0 aliphatic heterocycles. The van der Waals surface area contributed by atoms with Crippen LogP contribution in [-0.4, -0.2) is 30.1 Å². The largest absolute Gasteiger partial charge is 0.507 e. The van der Waals surface area contributed by atoms with Crippen molar-refractivity contribution in [1.82, 2.24) is 19.9 Å². The van der Waals surface area contributed by atoms with Crippen LogP contribution < -0.4 is 9.80 Å². The Morgan fingerprint density at radius 1 is 0.437 bits per heavy atom. The van der Waals surface area contributed by atoms with E-state index >= 15 is 17.6 Å². The summed E-state index contributed by atoms with van der Waals surface area (Å²) in [4.78, 5) is 22.2. The molecule has 13 heteroatoms. The predicted molar refractivity (Wildman–Crippen MR) is 337 cm³/mol. The van der Waals surface area contributed by atoms with Crippen LogP contribution >= 0.6 is 0 Å². The second kappa shape index (κ2) is 27.1. The molecule has 10 aromatic rings. The number of unbranched alkanes of at least 4 members (excludes halogenated alkanes) is 4. The van der Waals surface area contributed by atoms with E-state index in [9.17, 15) is 10.2 Å². The minimum atomic E-state index is -0.766. The average Bonchev–Trinajstić information content (AvgIpc) is 2.20. The van der Waals surface area contributed by atoms with E-state index in [4.69, 9.17) is 9.97 Å². The number of phenolic OH excluding ortho intramolecular Hbond substituents is 2. The van der Waals surface area contributed by atoms with Gasteiger partial charge in [0.2, 0.25) is 0 Å². The molecule has 0 unspecified atom stereocenters. The van der Waals surface area contributed by atoms with Gasteiger partial charge in [0.1, 0.15) is 34.8 Å². The van der Waals surface area contributed by atoms with Gasteiger partial charge in [-0.15, -0.1) is 6.07 Å². The van der Waals surface area contributed by atoms with Crippen LogP contribution in [-0.2, 0) is 31.9 Å². The molecular formula is C74H69F4N6O2Pt-. The van der Waals surface area contributed by atoms with E-state index < -0.39 is 23.3 Å². The minimum Gasteiger partial charge on any atom is -0.507 e. The van der Waals surface area contributed by atoms with Crippen molar-refractivity contribution in [3.8, 4) is 56.5 Å². The molecule has 0 spiro atoms. The van der Waals surface area contributed by atoms with Gasteiger partial charge in [0.25, 0.3) is 0 Å². The first kappa shape index (κ1) is 61.6. The molecule has 4 heterocycles. The van der Waals surface area contributed by atoms with Gasteiger partial charge in [-0.25, -0.2) is 23.7 Å². The normalized spacial score (nSPS) is 12.9. The van der Waals surface area contributed by atoms with Crippen LogP contribution in [0.5, 0.6) is 11.5 Å². The summed E-state index contributed by atoms with van der Waals surface area (Å²) in [6.45, 7) is 8.74. The van der Waals surface area contributed by atoms with E-state index in [0.717, 1.165) is 111 Å². The third-order valence-electron chi connectivity index (χ3n) is 17.0. The van der Waals surface area contributed by atoms with Gasteiger partial charge in [-0.2, -0.15) is 0 Å². The zero-order valence-electron chi connectivity index (χ0n) is 49.3. The predicted octanol–water partition coefficient (Wildman–Crippen LogP) is 20.3. The zero-order chi connectivity index (χ0) is 60.0. The number of phenols is 2. The first-order valence-electron chi connectivity index (χ1n) is 30.1. The summed E-state index contributed by atoms with van der Waals surface area (Å²) < 4.78 is 62.4.